The van der Waals surface area contributed by atoms with Gasteiger partial charge in [0.25, 0.3) is 11.6 Å². The highest BCUT2D eigenvalue weighted by molar-refractivity contribution is 5.95. The van der Waals surface area contributed by atoms with Gasteiger partial charge in [-0.25, -0.2) is 0 Å². The summed E-state index contributed by atoms with van der Waals surface area (Å²) >= 11 is 0. The smallest absolute Gasteiger partial charge is 0.292 e. The molecule has 7 heteroatoms. The molecule has 1 aromatic carbocycles. The van der Waals surface area contributed by atoms with Gasteiger partial charge >= 0.3 is 0 Å². The summed E-state index contributed by atoms with van der Waals surface area (Å²) in [5.41, 5.74) is 0.498. The molecule has 0 unspecified atom stereocenters. The van der Waals surface area contributed by atoms with Crippen LogP contribution in [0.15, 0.2) is 18.2 Å². The van der Waals surface area contributed by atoms with Gasteiger partial charge in [-0.15, -0.1) is 0 Å². The van der Waals surface area contributed by atoms with Crippen LogP contribution in [0.2, 0.25) is 0 Å². The second-order valence-electron chi connectivity index (χ2n) is 5.63. The zero-order valence-electron chi connectivity index (χ0n) is 13.1. The SMILES string of the molecule is CNC(=O)c1ccc([N+](=O)[O-])c(NCC(C)(C)N(C)C)c1. The number of nitro benzene ring substituents is 1. The number of nitrogens with zero attached hydrogens (tertiary/aromatic N) is 2. The molecule has 0 aliphatic heterocycles. The van der Waals surface area contributed by atoms with Crippen molar-refractivity contribution in [1.29, 1.82) is 0 Å². The van der Waals surface area contributed by atoms with Crippen molar-refractivity contribution in [1.82, 2.24) is 10.2 Å². The van der Waals surface area contributed by atoms with Gasteiger partial charge in [-0.1, -0.05) is 0 Å². The van der Waals surface area contributed by atoms with Gasteiger partial charge in [0.2, 0.25) is 0 Å². The minimum absolute atomic E-state index is 0.0443. The quantitative estimate of drug-likeness (QED) is 0.616. The first-order valence-corrected chi connectivity index (χ1v) is 6.61. The first kappa shape index (κ1) is 16.9. The summed E-state index contributed by atoms with van der Waals surface area (Å²) in [6.45, 7) is 4.56. The molecule has 21 heavy (non-hydrogen) atoms. The molecule has 0 radical (unpaired) electrons. The Hall–Kier alpha value is -2.15. The molecule has 0 fully saturated rings. The van der Waals surface area contributed by atoms with Gasteiger partial charge in [0.1, 0.15) is 5.69 Å². The number of rotatable bonds is 6. The predicted octanol–water partition coefficient (Wildman–Crippen LogP) is 1.71. The summed E-state index contributed by atoms with van der Waals surface area (Å²) in [6.07, 6.45) is 0. The van der Waals surface area contributed by atoms with Crippen molar-refractivity contribution in [3.63, 3.8) is 0 Å². The molecule has 7 nitrogen and oxygen atoms in total. The third kappa shape index (κ3) is 4.16. The van der Waals surface area contributed by atoms with Crippen molar-refractivity contribution >= 4 is 17.3 Å². The molecule has 2 N–H and O–H groups in total. The van der Waals surface area contributed by atoms with Crippen LogP contribution in [0, 0.1) is 10.1 Å². The maximum absolute atomic E-state index is 11.6. The second kappa shape index (κ2) is 6.53. The molecule has 0 aromatic heterocycles. The Kier molecular flexibility index (Phi) is 5.26. The summed E-state index contributed by atoms with van der Waals surface area (Å²) in [5.74, 6) is -0.278. The summed E-state index contributed by atoms with van der Waals surface area (Å²) in [6, 6.07) is 4.29. The highest BCUT2D eigenvalue weighted by Gasteiger charge is 2.23. The molecule has 0 heterocycles. The monoisotopic (exact) mass is 294 g/mol. The van der Waals surface area contributed by atoms with E-state index in [0.717, 1.165) is 0 Å². The first-order valence-electron chi connectivity index (χ1n) is 6.61. The molecule has 0 saturated heterocycles. The number of hydrogen-bond donors (Lipinski definition) is 2. The van der Waals surface area contributed by atoms with E-state index in [1.807, 2.05) is 32.8 Å². The predicted molar refractivity (Wildman–Crippen MR) is 82.7 cm³/mol. The lowest BCUT2D eigenvalue weighted by atomic mass is 10.0. The van der Waals surface area contributed by atoms with E-state index in [2.05, 4.69) is 10.6 Å². The van der Waals surface area contributed by atoms with Gasteiger partial charge in [-0.05, 0) is 40.1 Å². The van der Waals surface area contributed by atoms with Crippen LogP contribution in [0.25, 0.3) is 0 Å². The third-order valence-electron chi connectivity index (χ3n) is 3.60. The van der Waals surface area contributed by atoms with Gasteiger partial charge < -0.3 is 15.5 Å². The van der Waals surface area contributed by atoms with Gasteiger partial charge in [0.15, 0.2) is 0 Å². The largest absolute Gasteiger partial charge is 0.378 e. The maximum atomic E-state index is 11.6. The van der Waals surface area contributed by atoms with E-state index >= 15 is 0 Å². The Morgan fingerprint density at radius 1 is 1.38 bits per heavy atom. The number of benzene rings is 1. The van der Waals surface area contributed by atoms with Crippen molar-refractivity contribution in [2.24, 2.45) is 0 Å². The summed E-state index contributed by atoms with van der Waals surface area (Å²) in [4.78, 5) is 24.3. The zero-order chi connectivity index (χ0) is 16.2. The Morgan fingerprint density at radius 2 is 2.00 bits per heavy atom. The number of carbonyl (C=O) groups is 1. The standard InChI is InChI=1S/C14H22N4O3/c1-14(2,17(4)5)9-16-11-8-10(13(19)15-3)6-7-12(11)18(20)21/h6-8,16H,9H2,1-5H3,(H,15,19). The Morgan fingerprint density at radius 3 is 2.48 bits per heavy atom. The normalized spacial score (nSPS) is 11.3. The number of likely N-dealkylation sites (N-methyl/N-ethyl adjacent to an activating group) is 1. The van der Waals surface area contributed by atoms with Crippen molar-refractivity contribution < 1.29 is 9.72 Å². The van der Waals surface area contributed by atoms with Gasteiger partial charge in [-0.2, -0.15) is 0 Å². The van der Waals surface area contributed by atoms with Crippen LogP contribution in [0.3, 0.4) is 0 Å². The van der Waals surface area contributed by atoms with E-state index in [1.54, 1.807) is 0 Å². The maximum Gasteiger partial charge on any atom is 0.292 e. The van der Waals surface area contributed by atoms with Crippen molar-refractivity contribution in [3.05, 3.63) is 33.9 Å². The molecule has 0 saturated carbocycles. The molecular formula is C14H22N4O3. The van der Waals surface area contributed by atoms with E-state index in [1.165, 1.54) is 25.2 Å². The summed E-state index contributed by atoms with van der Waals surface area (Å²) in [5, 5.41) is 16.7. The van der Waals surface area contributed by atoms with Crippen LogP contribution in [0.1, 0.15) is 24.2 Å². The summed E-state index contributed by atoms with van der Waals surface area (Å²) < 4.78 is 0. The van der Waals surface area contributed by atoms with Crippen LogP contribution in [-0.2, 0) is 0 Å². The molecule has 0 atom stereocenters. The minimum atomic E-state index is -0.460. The average Bonchev–Trinajstić information content (AvgIpc) is 2.43. The molecule has 116 valence electrons. The Balaban J connectivity index is 3.07. The number of hydrogen-bond acceptors (Lipinski definition) is 5. The minimum Gasteiger partial charge on any atom is -0.378 e. The first-order chi connectivity index (χ1) is 9.69. The highest BCUT2D eigenvalue weighted by atomic mass is 16.6. The Bertz CT molecular complexity index is 541. The Labute approximate surface area is 124 Å². The van der Waals surface area contributed by atoms with Crippen LogP contribution < -0.4 is 10.6 Å². The summed E-state index contributed by atoms with van der Waals surface area (Å²) in [7, 11) is 5.40. The number of amides is 1. The lowest BCUT2D eigenvalue weighted by molar-refractivity contribution is -0.384. The van der Waals surface area contributed by atoms with Crippen LogP contribution in [0.4, 0.5) is 11.4 Å². The topological polar surface area (TPSA) is 87.5 Å². The molecule has 1 rings (SSSR count). The van der Waals surface area contributed by atoms with Crippen molar-refractivity contribution in [3.8, 4) is 0 Å². The second-order valence-corrected chi connectivity index (χ2v) is 5.63. The number of nitrogens with one attached hydrogen (secondary N) is 2. The average molecular weight is 294 g/mol. The van der Waals surface area contributed by atoms with E-state index in [-0.39, 0.29) is 17.1 Å². The third-order valence-corrected chi connectivity index (χ3v) is 3.60. The fraction of sp³-hybridized carbons (Fsp3) is 0.500. The molecule has 1 amide bonds. The van der Waals surface area contributed by atoms with E-state index in [4.69, 9.17) is 0 Å². The van der Waals surface area contributed by atoms with Crippen molar-refractivity contribution in [2.75, 3.05) is 33.0 Å². The van der Waals surface area contributed by atoms with Crippen LogP contribution in [0.5, 0.6) is 0 Å². The lowest BCUT2D eigenvalue weighted by Crippen LogP contribution is -2.44. The molecule has 0 aliphatic rings. The van der Waals surface area contributed by atoms with Crippen LogP contribution >= 0.6 is 0 Å². The molecular weight excluding hydrogens is 272 g/mol. The van der Waals surface area contributed by atoms with E-state index < -0.39 is 4.92 Å². The molecule has 1 aromatic rings. The van der Waals surface area contributed by atoms with Gasteiger partial charge in [0.05, 0.1) is 4.92 Å². The fourth-order valence-corrected chi connectivity index (χ4v) is 1.59. The van der Waals surface area contributed by atoms with Gasteiger partial charge in [0, 0.05) is 30.8 Å². The number of nitro groups is 1. The molecule has 0 aliphatic carbocycles. The number of carbonyl (C=O) groups excluding carboxylic acids is 1. The fourth-order valence-electron chi connectivity index (χ4n) is 1.59. The molecule has 0 bridgehead atoms. The molecule has 0 spiro atoms. The van der Waals surface area contributed by atoms with E-state index in [9.17, 15) is 14.9 Å². The van der Waals surface area contributed by atoms with Crippen molar-refractivity contribution in [2.45, 2.75) is 19.4 Å². The highest BCUT2D eigenvalue weighted by Crippen LogP contribution is 2.26. The van der Waals surface area contributed by atoms with Gasteiger partial charge in [-0.3, -0.25) is 14.9 Å². The number of anilines is 1. The van der Waals surface area contributed by atoms with E-state index in [0.29, 0.717) is 17.8 Å². The zero-order valence-corrected chi connectivity index (χ0v) is 13.1. The lowest BCUT2D eigenvalue weighted by Gasteiger charge is -2.33. The van der Waals surface area contributed by atoms with Crippen LogP contribution in [-0.4, -0.2) is 49.0 Å².